The summed E-state index contributed by atoms with van der Waals surface area (Å²) >= 11 is 0. The fourth-order valence-electron chi connectivity index (χ4n) is 1.28. The van der Waals surface area contributed by atoms with Crippen LogP contribution < -0.4 is 10.1 Å². The van der Waals surface area contributed by atoms with Gasteiger partial charge in [-0.05, 0) is 25.0 Å². The van der Waals surface area contributed by atoms with Gasteiger partial charge >= 0.3 is 0 Å². The maximum atomic E-state index is 13.7. The van der Waals surface area contributed by atoms with Crippen molar-refractivity contribution in [3.63, 3.8) is 0 Å². The van der Waals surface area contributed by atoms with Crippen LogP contribution in [0.15, 0.2) is 18.2 Å². The fourth-order valence-corrected chi connectivity index (χ4v) is 1.28. The third-order valence-corrected chi connectivity index (χ3v) is 2.25. The number of amides is 1. The molecule has 1 aliphatic carbocycles. The van der Waals surface area contributed by atoms with E-state index in [0.29, 0.717) is 0 Å². The van der Waals surface area contributed by atoms with Crippen molar-refractivity contribution in [3.05, 3.63) is 29.6 Å². The van der Waals surface area contributed by atoms with Gasteiger partial charge in [0.15, 0.2) is 11.6 Å². The second-order valence-electron chi connectivity index (χ2n) is 3.51. The highest BCUT2D eigenvalue weighted by Gasteiger charge is 2.25. The second kappa shape index (κ2) is 3.88. The number of carbonyl (C=O) groups is 1. The maximum absolute atomic E-state index is 13.7. The number of hydrogen-bond donors (Lipinski definition) is 1. The predicted octanol–water partition coefficient (Wildman–Crippen LogP) is 1.73. The van der Waals surface area contributed by atoms with Gasteiger partial charge in [0.25, 0.3) is 5.91 Å². The van der Waals surface area contributed by atoms with Crippen LogP contribution in [-0.2, 0) is 0 Å². The Morgan fingerprint density at radius 1 is 1.53 bits per heavy atom. The Morgan fingerprint density at radius 3 is 2.87 bits per heavy atom. The summed E-state index contributed by atoms with van der Waals surface area (Å²) in [6.45, 7) is 0. The van der Waals surface area contributed by atoms with E-state index < -0.39 is 11.7 Å². The van der Waals surface area contributed by atoms with Gasteiger partial charge in [0, 0.05) is 7.05 Å². The van der Waals surface area contributed by atoms with Crippen LogP contribution in [0.25, 0.3) is 0 Å². The normalized spacial score (nSPS) is 14.8. The van der Waals surface area contributed by atoms with Crippen LogP contribution in [0, 0.1) is 5.82 Å². The SMILES string of the molecule is CNC(=O)c1cccc(OC2CC2)c1F. The van der Waals surface area contributed by atoms with E-state index in [0.717, 1.165) is 12.8 Å². The number of nitrogens with one attached hydrogen (secondary N) is 1. The summed E-state index contributed by atoms with van der Waals surface area (Å²) in [5.41, 5.74) is 0.0237. The first-order chi connectivity index (χ1) is 7.22. The van der Waals surface area contributed by atoms with Crippen molar-refractivity contribution in [3.8, 4) is 5.75 Å². The summed E-state index contributed by atoms with van der Waals surface area (Å²) in [6, 6.07) is 4.60. The van der Waals surface area contributed by atoms with Gasteiger partial charge in [-0.2, -0.15) is 0 Å². The molecule has 1 aromatic rings. The topological polar surface area (TPSA) is 38.3 Å². The maximum Gasteiger partial charge on any atom is 0.254 e. The zero-order valence-electron chi connectivity index (χ0n) is 8.42. The van der Waals surface area contributed by atoms with E-state index in [1.807, 2.05) is 0 Å². The molecule has 2 rings (SSSR count). The van der Waals surface area contributed by atoms with Gasteiger partial charge in [0.05, 0.1) is 11.7 Å². The fraction of sp³-hybridized carbons (Fsp3) is 0.364. The average molecular weight is 209 g/mol. The molecule has 15 heavy (non-hydrogen) atoms. The number of hydrogen-bond acceptors (Lipinski definition) is 2. The zero-order chi connectivity index (χ0) is 10.8. The molecule has 3 nitrogen and oxygen atoms in total. The van der Waals surface area contributed by atoms with Crippen molar-refractivity contribution < 1.29 is 13.9 Å². The van der Waals surface area contributed by atoms with Crippen LogP contribution in [0.3, 0.4) is 0 Å². The van der Waals surface area contributed by atoms with Gasteiger partial charge in [0.2, 0.25) is 0 Å². The van der Waals surface area contributed by atoms with Crippen LogP contribution in [0.1, 0.15) is 23.2 Å². The number of rotatable bonds is 3. The number of ether oxygens (including phenoxy) is 1. The van der Waals surface area contributed by atoms with E-state index >= 15 is 0 Å². The molecule has 1 amide bonds. The molecule has 1 aromatic carbocycles. The summed E-state index contributed by atoms with van der Waals surface area (Å²) in [5.74, 6) is -0.851. The lowest BCUT2D eigenvalue weighted by Crippen LogP contribution is -2.19. The Hall–Kier alpha value is -1.58. The lowest BCUT2D eigenvalue weighted by molar-refractivity contribution is 0.0958. The highest BCUT2D eigenvalue weighted by molar-refractivity contribution is 5.94. The predicted molar refractivity (Wildman–Crippen MR) is 53.4 cm³/mol. The van der Waals surface area contributed by atoms with E-state index in [4.69, 9.17) is 4.74 Å². The molecule has 0 aromatic heterocycles. The molecule has 0 saturated heterocycles. The minimum absolute atomic E-state index is 0.0237. The Balaban J connectivity index is 2.27. The van der Waals surface area contributed by atoms with E-state index in [9.17, 15) is 9.18 Å². The average Bonchev–Trinajstić information content (AvgIpc) is 3.04. The van der Waals surface area contributed by atoms with Crippen molar-refractivity contribution in [1.82, 2.24) is 5.32 Å². The zero-order valence-corrected chi connectivity index (χ0v) is 8.42. The Morgan fingerprint density at radius 2 is 2.27 bits per heavy atom. The molecule has 0 bridgehead atoms. The molecule has 1 N–H and O–H groups in total. The van der Waals surface area contributed by atoms with Crippen molar-refractivity contribution in [2.45, 2.75) is 18.9 Å². The largest absolute Gasteiger partial charge is 0.487 e. The second-order valence-corrected chi connectivity index (χ2v) is 3.51. The molecule has 0 heterocycles. The highest BCUT2D eigenvalue weighted by Crippen LogP contribution is 2.29. The molecule has 0 aliphatic heterocycles. The summed E-state index contributed by atoms with van der Waals surface area (Å²) < 4.78 is 19.0. The third kappa shape index (κ3) is 2.09. The van der Waals surface area contributed by atoms with Gasteiger partial charge in [-0.1, -0.05) is 6.07 Å². The highest BCUT2D eigenvalue weighted by atomic mass is 19.1. The standard InChI is InChI=1S/C11H12FNO2/c1-13-11(14)8-3-2-4-9(10(8)12)15-7-5-6-7/h2-4,7H,5-6H2,1H3,(H,13,14). The van der Waals surface area contributed by atoms with Gasteiger partial charge in [-0.25, -0.2) is 4.39 Å². The Labute approximate surface area is 87.2 Å². The van der Waals surface area contributed by atoms with Crippen LogP contribution in [0.2, 0.25) is 0 Å². The minimum Gasteiger partial charge on any atom is -0.487 e. The molecule has 1 fully saturated rings. The van der Waals surface area contributed by atoms with Crippen molar-refractivity contribution >= 4 is 5.91 Å². The molecular formula is C11H12FNO2. The van der Waals surface area contributed by atoms with E-state index in [1.165, 1.54) is 13.1 Å². The molecule has 0 spiro atoms. The molecule has 0 unspecified atom stereocenters. The van der Waals surface area contributed by atoms with Crippen molar-refractivity contribution in [2.75, 3.05) is 7.05 Å². The lowest BCUT2D eigenvalue weighted by atomic mass is 10.2. The van der Waals surface area contributed by atoms with E-state index in [1.54, 1.807) is 12.1 Å². The molecule has 1 saturated carbocycles. The molecule has 4 heteroatoms. The lowest BCUT2D eigenvalue weighted by Gasteiger charge is -2.08. The monoisotopic (exact) mass is 209 g/mol. The van der Waals surface area contributed by atoms with E-state index in [-0.39, 0.29) is 17.4 Å². The van der Waals surface area contributed by atoms with Crippen LogP contribution in [0.5, 0.6) is 5.75 Å². The smallest absolute Gasteiger partial charge is 0.254 e. The molecule has 80 valence electrons. The molecular weight excluding hydrogens is 197 g/mol. The van der Waals surface area contributed by atoms with Gasteiger partial charge in [-0.15, -0.1) is 0 Å². The summed E-state index contributed by atoms with van der Waals surface area (Å²) in [6.07, 6.45) is 2.05. The Kier molecular flexibility index (Phi) is 2.58. The number of carbonyl (C=O) groups excluding carboxylic acids is 1. The molecule has 0 radical (unpaired) electrons. The Bertz CT molecular complexity index is 388. The molecule has 1 aliphatic rings. The van der Waals surface area contributed by atoms with Crippen LogP contribution in [0.4, 0.5) is 4.39 Å². The molecule has 0 atom stereocenters. The van der Waals surface area contributed by atoms with Crippen LogP contribution in [-0.4, -0.2) is 19.1 Å². The summed E-state index contributed by atoms with van der Waals surface area (Å²) in [4.78, 5) is 11.3. The first-order valence-electron chi connectivity index (χ1n) is 4.89. The van der Waals surface area contributed by atoms with E-state index in [2.05, 4.69) is 5.32 Å². The van der Waals surface area contributed by atoms with Crippen LogP contribution >= 0.6 is 0 Å². The quantitative estimate of drug-likeness (QED) is 0.823. The number of benzene rings is 1. The number of halogens is 1. The van der Waals surface area contributed by atoms with Crippen molar-refractivity contribution in [2.24, 2.45) is 0 Å². The first kappa shape index (κ1) is 9.96. The van der Waals surface area contributed by atoms with Crippen molar-refractivity contribution in [1.29, 1.82) is 0 Å². The summed E-state index contributed by atoms with van der Waals surface area (Å²) in [5, 5.41) is 2.38. The minimum atomic E-state index is -0.580. The first-order valence-corrected chi connectivity index (χ1v) is 4.89. The van der Waals surface area contributed by atoms with Gasteiger partial charge in [0.1, 0.15) is 0 Å². The third-order valence-electron chi connectivity index (χ3n) is 2.25. The summed E-state index contributed by atoms with van der Waals surface area (Å²) in [7, 11) is 1.47. The van der Waals surface area contributed by atoms with Gasteiger partial charge < -0.3 is 10.1 Å². The van der Waals surface area contributed by atoms with Gasteiger partial charge in [-0.3, -0.25) is 4.79 Å².